The molecule has 1 amide bonds. The fourth-order valence-electron chi connectivity index (χ4n) is 3.07. The first-order valence-corrected chi connectivity index (χ1v) is 9.91. The van der Waals surface area contributed by atoms with Crippen molar-refractivity contribution in [1.29, 1.82) is 0 Å². The molecule has 1 saturated heterocycles. The summed E-state index contributed by atoms with van der Waals surface area (Å²) in [4.78, 5) is 20.5. The zero-order chi connectivity index (χ0) is 18.9. The summed E-state index contributed by atoms with van der Waals surface area (Å²) in [5.74, 6) is -0.202. The Balaban J connectivity index is 1.68. The highest BCUT2D eigenvalue weighted by Gasteiger charge is 2.24. The number of benzene rings is 1. The minimum Gasteiger partial charge on any atom is -0.368 e. The molecule has 8 heteroatoms. The highest BCUT2D eigenvalue weighted by atomic mass is 32.2. The van der Waals surface area contributed by atoms with Crippen LogP contribution >= 0.6 is 0 Å². The van der Waals surface area contributed by atoms with E-state index in [1.807, 2.05) is 6.07 Å². The molecule has 1 aromatic heterocycles. The summed E-state index contributed by atoms with van der Waals surface area (Å²) in [5.41, 5.74) is 3.93. The molecule has 1 aliphatic heterocycles. The molecule has 0 spiro atoms. The van der Waals surface area contributed by atoms with Crippen molar-refractivity contribution >= 4 is 21.6 Å². The number of amides is 1. The second kappa shape index (κ2) is 7.05. The predicted octanol–water partition coefficient (Wildman–Crippen LogP) is 1.31. The summed E-state index contributed by atoms with van der Waals surface area (Å²) in [6.45, 7) is 6.86. The summed E-state index contributed by atoms with van der Waals surface area (Å²) in [7, 11) is -3.81. The van der Waals surface area contributed by atoms with Gasteiger partial charge in [-0.05, 0) is 43.2 Å². The van der Waals surface area contributed by atoms with Crippen LogP contribution < -0.4 is 10.0 Å². The Morgan fingerprint density at radius 3 is 2.35 bits per heavy atom. The Kier molecular flexibility index (Phi) is 4.97. The molecule has 26 heavy (non-hydrogen) atoms. The average molecular weight is 374 g/mol. The van der Waals surface area contributed by atoms with Crippen LogP contribution in [0.1, 0.15) is 21.6 Å². The van der Waals surface area contributed by atoms with Gasteiger partial charge in [-0.3, -0.25) is 4.79 Å². The number of primary sulfonamides is 1. The average Bonchev–Trinajstić information content (AvgIpc) is 2.63. The Bertz CT molecular complexity index is 918. The Morgan fingerprint density at radius 1 is 1.08 bits per heavy atom. The number of sulfonamides is 1. The molecule has 0 radical (unpaired) electrons. The van der Waals surface area contributed by atoms with Gasteiger partial charge in [0.15, 0.2) is 0 Å². The summed E-state index contributed by atoms with van der Waals surface area (Å²) >= 11 is 0. The summed E-state index contributed by atoms with van der Waals surface area (Å²) in [6, 6.07) is 8.95. The van der Waals surface area contributed by atoms with Crippen LogP contribution in [0.2, 0.25) is 0 Å². The lowest BCUT2D eigenvalue weighted by Gasteiger charge is -2.37. The lowest BCUT2D eigenvalue weighted by atomic mass is 10.1. The Hall–Kier alpha value is -2.45. The highest BCUT2D eigenvalue weighted by molar-refractivity contribution is 7.89. The van der Waals surface area contributed by atoms with E-state index in [-0.39, 0.29) is 16.5 Å². The quantitative estimate of drug-likeness (QED) is 0.874. The van der Waals surface area contributed by atoms with Gasteiger partial charge in [0.25, 0.3) is 5.91 Å². The van der Waals surface area contributed by atoms with Crippen molar-refractivity contribution in [1.82, 2.24) is 9.88 Å². The third kappa shape index (κ3) is 3.71. The van der Waals surface area contributed by atoms with E-state index in [1.165, 1.54) is 28.9 Å². The molecule has 1 aromatic carbocycles. The number of carbonyl (C=O) groups is 1. The van der Waals surface area contributed by atoms with Gasteiger partial charge in [0.05, 0.1) is 0 Å². The van der Waals surface area contributed by atoms with Crippen LogP contribution in [0.3, 0.4) is 0 Å². The van der Waals surface area contributed by atoms with Crippen molar-refractivity contribution in [3.8, 4) is 0 Å². The minimum atomic E-state index is -3.81. The van der Waals surface area contributed by atoms with Crippen LogP contribution in [0.25, 0.3) is 0 Å². The molecule has 2 aromatic rings. The predicted molar refractivity (Wildman–Crippen MR) is 99.6 cm³/mol. The molecule has 0 unspecified atom stereocenters. The lowest BCUT2D eigenvalue weighted by molar-refractivity contribution is 0.0740. The SMILES string of the molecule is Cc1cccc(N2CCN(C(=O)c3ccc(S(N)(=O)=O)cn3)CC2)c1C. The Morgan fingerprint density at radius 2 is 1.77 bits per heavy atom. The maximum Gasteiger partial charge on any atom is 0.272 e. The van der Waals surface area contributed by atoms with Crippen LogP contribution in [-0.2, 0) is 10.0 Å². The van der Waals surface area contributed by atoms with E-state index in [0.29, 0.717) is 13.1 Å². The molecule has 0 saturated carbocycles. The van der Waals surface area contributed by atoms with Gasteiger partial charge < -0.3 is 9.80 Å². The number of piperazine rings is 1. The largest absolute Gasteiger partial charge is 0.368 e. The molecule has 138 valence electrons. The fourth-order valence-corrected chi connectivity index (χ4v) is 3.52. The number of carbonyl (C=O) groups excluding carboxylic acids is 1. The second-order valence-corrected chi connectivity index (χ2v) is 7.98. The fraction of sp³-hybridized carbons (Fsp3) is 0.333. The Labute approximate surface area is 153 Å². The maximum absolute atomic E-state index is 12.6. The summed E-state index contributed by atoms with van der Waals surface area (Å²) in [6.07, 6.45) is 1.12. The molecular formula is C18H22N4O3S. The van der Waals surface area contributed by atoms with E-state index in [2.05, 4.69) is 35.9 Å². The van der Waals surface area contributed by atoms with Crippen molar-refractivity contribution in [2.75, 3.05) is 31.1 Å². The monoisotopic (exact) mass is 374 g/mol. The number of rotatable bonds is 3. The minimum absolute atomic E-state index is 0.103. The number of aromatic nitrogens is 1. The highest BCUT2D eigenvalue weighted by Crippen LogP contribution is 2.24. The van der Waals surface area contributed by atoms with E-state index >= 15 is 0 Å². The van der Waals surface area contributed by atoms with E-state index in [1.54, 1.807) is 4.90 Å². The van der Waals surface area contributed by atoms with Gasteiger partial charge in [0.2, 0.25) is 10.0 Å². The lowest BCUT2D eigenvalue weighted by Crippen LogP contribution is -2.49. The van der Waals surface area contributed by atoms with E-state index in [4.69, 9.17) is 5.14 Å². The topological polar surface area (TPSA) is 96.6 Å². The standard InChI is InChI=1S/C18H22N4O3S/c1-13-4-3-5-17(14(13)2)21-8-10-22(11-9-21)18(23)16-7-6-15(12-20-16)26(19,24)25/h3-7,12H,8-11H2,1-2H3,(H2,19,24,25). The molecule has 1 fully saturated rings. The van der Waals surface area contributed by atoms with Crippen LogP contribution in [0.15, 0.2) is 41.4 Å². The number of aryl methyl sites for hydroxylation is 1. The third-order valence-corrected chi connectivity index (χ3v) is 5.67. The first-order chi connectivity index (χ1) is 12.3. The van der Waals surface area contributed by atoms with Gasteiger partial charge >= 0.3 is 0 Å². The second-order valence-electron chi connectivity index (χ2n) is 6.42. The van der Waals surface area contributed by atoms with E-state index < -0.39 is 10.0 Å². The number of nitrogens with zero attached hydrogens (tertiary/aromatic N) is 3. The van der Waals surface area contributed by atoms with Crippen LogP contribution in [-0.4, -0.2) is 50.4 Å². The third-order valence-electron chi connectivity index (χ3n) is 4.77. The van der Waals surface area contributed by atoms with Crippen LogP contribution in [0.5, 0.6) is 0 Å². The zero-order valence-electron chi connectivity index (χ0n) is 14.8. The van der Waals surface area contributed by atoms with E-state index in [9.17, 15) is 13.2 Å². The smallest absolute Gasteiger partial charge is 0.272 e. The van der Waals surface area contributed by atoms with Gasteiger partial charge in [-0.15, -0.1) is 0 Å². The summed E-state index contributed by atoms with van der Waals surface area (Å²) < 4.78 is 22.5. The van der Waals surface area contributed by atoms with Crippen molar-refractivity contribution in [2.24, 2.45) is 5.14 Å². The van der Waals surface area contributed by atoms with Gasteiger partial charge in [-0.25, -0.2) is 18.5 Å². The van der Waals surface area contributed by atoms with Gasteiger partial charge in [0, 0.05) is 38.1 Å². The van der Waals surface area contributed by atoms with E-state index in [0.717, 1.165) is 19.3 Å². The van der Waals surface area contributed by atoms with Gasteiger partial charge in [-0.1, -0.05) is 12.1 Å². The molecule has 2 N–H and O–H groups in total. The molecule has 3 rings (SSSR count). The number of hydrogen-bond acceptors (Lipinski definition) is 5. The molecule has 2 heterocycles. The number of anilines is 1. The first kappa shape index (κ1) is 18.3. The maximum atomic E-state index is 12.6. The molecule has 0 atom stereocenters. The van der Waals surface area contributed by atoms with Crippen LogP contribution in [0.4, 0.5) is 5.69 Å². The first-order valence-electron chi connectivity index (χ1n) is 8.36. The van der Waals surface area contributed by atoms with Gasteiger partial charge in [-0.2, -0.15) is 0 Å². The molecular weight excluding hydrogens is 352 g/mol. The van der Waals surface area contributed by atoms with Crippen molar-refractivity contribution in [2.45, 2.75) is 18.7 Å². The van der Waals surface area contributed by atoms with Crippen molar-refractivity contribution in [3.63, 3.8) is 0 Å². The zero-order valence-corrected chi connectivity index (χ0v) is 15.7. The molecule has 0 aliphatic carbocycles. The normalized spacial score (nSPS) is 15.2. The number of nitrogens with two attached hydrogens (primary N) is 1. The molecule has 0 bridgehead atoms. The van der Waals surface area contributed by atoms with Gasteiger partial charge in [0.1, 0.15) is 10.6 Å². The van der Waals surface area contributed by atoms with Crippen LogP contribution in [0, 0.1) is 13.8 Å². The summed E-state index contributed by atoms with van der Waals surface area (Å²) in [5, 5.41) is 5.05. The van der Waals surface area contributed by atoms with Crippen molar-refractivity contribution < 1.29 is 13.2 Å². The molecule has 7 nitrogen and oxygen atoms in total. The van der Waals surface area contributed by atoms with Crippen molar-refractivity contribution in [3.05, 3.63) is 53.3 Å². The number of hydrogen-bond donors (Lipinski definition) is 1. The molecule has 1 aliphatic rings. The number of pyridine rings is 1.